The largest absolute Gasteiger partial charge is 0.265 e. The Morgan fingerprint density at radius 1 is 1.38 bits per heavy atom. The van der Waals surface area contributed by atoms with Crippen molar-refractivity contribution in [1.82, 2.24) is 4.98 Å². The van der Waals surface area contributed by atoms with Crippen molar-refractivity contribution < 1.29 is 0 Å². The molecule has 0 radical (unpaired) electrons. The normalized spacial score (nSPS) is 18.5. The molecule has 1 aliphatic rings. The van der Waals surface area contributed by atoms with Crippen molar-refractivity contribution in [2.45, 2.75) is 17.7 Å². The van der Waals surface area contributed by atoms with Crippen molar-refractivity contribution in [3.05, 3.63) is 24.5 Å². The Balaban J connectivity index is 1.86. The van der Waals surface area contributed by atoms with Crippen LogP contribution in [0.5, 0.6) is 0 Å². The summed E-state index contributed by atoms with van der Waals surface area (Å²) in [6.45, 7) is 0. The fourth-order valence-electron chi connectivity index (χ4n) is 1.20. The second-order valence-electron chi connectivity index (χ2n) is 3.63. The van der Waals surface area contributed by atoms with Crippen LogP contribution in [-0.4, -0.2) is 16.5 Å². The van der Waals surface area contributed by atoms with E-state index < -0.39 is 0 Å². The zero-order valence-corrected chi connectivity index (χ0v) is 9.15. The molecule has 0 aliphatic heterocycles. The molecular formula is C10H13NS2. The van der Waals surface area contributed by atoms with Gasteiger partial charge in [-0.15, -0.1) is 11.8 Å². The summed E-state index contributed by atoms with van der Waals surface area (Å²) < 4.78 is 0. The molecule has 1 aliphatic carbocycles. The highest BCUT2D eigenvalue weighted by Crippen LogP contribution is 2.49. The minimum atomic E-state index is 0.553. The van der Waals surface area contributed by atoms with Crippen LogP contribution in [0.4, 0.5) is 0 Å². The Hall–Kier alpha value is -0.150. The molecule has 1 aromatic rings. The molecule has 1 fully saturated rings. The molecular weight excluding hydrogens is 198 g/mol. The van der Waals surface area contributed by atoms with Crippen LogP contribution in [0.25, 0.3) is 0 Å². The fourth-order valence-corrected chi connectivity index (χ4v) is 2.95. The molecule has 1 saturated carbocycles. The summed E-state index contributed by atoms with van der Waals surface area (Å²) in [5, 5.41) is 0. The van der Waals surface area contributed by atoms with Crippen LogP contribution in [0.2, 0.25) is 0 Å². The maximum Gasteiger partial charge on any atom is 0.0278 e. The first-order chi connectivity index (χ1) is 6.35. The molecule has 0 unspecified atom stereocenters. The molecule has 0 aromatic carbocycles. The average molecular weight is 211 g/mol. The number of rotatable bonds is 4. The van der Waals surface area contributed by atoms with Gasteiger partial charge in [0.25, 0.3) is 0 Å². The van der Waals surface area contributed by atoms with E-state index in [9.17, 15) is 0 Å². The Bertz CT molecular complexity index is 270. The number of thiol groups is 1. The molecule has 0 N–H and O–H groups in total. The molecule has 0 saturated heterocycles. The van der Waals surface area contributed by atoms with Gasteiger partial charge in [0.05, 0.1) is 0 Å². The average Bonchev–Trinajstić information content (AvgIpc) is 2.97. The fraction of sp³-hybridized carbons (Fsp3) is 0.500. The van der Waals surface area contributed by atoms with Gasteiger partial charge in [0, 0.05) is 23.0 Å². The summed E-state index contributed by atoms with van der Waals surface area (Å²) in [6.07, 6.45) is 6.41. The first-order valence-electron chi connectivity index (χ1n) is 4.48. The van der Waals surface area contributed by atoms with Crippen LogP contribution in [0.1, 0.15) is 12.8 Å². The van der Waals surface area contributed by atoms with Gasteiger partial charge in [-0.25, -0.2) is 0 Å². The molecule has 0 atom stereocenters. The van der Waals surface area contributed by atoms with Crippen molar-refractivity contribution in [2.75, 3.05) is 11.5 Å². The molecule has 0 bridgehead atoms. The monoisotopic (exact) mass is 211 g/mol. The van der Waals surface area contributed by atoms with Crippen molar-refractivity contribution in [2.24, 2.45) is 5.41 Å². The second-order valence-corrected chi connectivity index (χ2v) is 4.99. The van der Waals surface area contributed by atoms with Gasteiger partial charge in [-0.05, 0) is 36.1 Å². The summed E-state index contributed by atoms with van der Waals surface area (Å²) in [6, 6.07) is 4.14. The maximum atomic E-state index is 4.38. The molecule has 0 amide bonds. The topological polar surface area (TPSA) is 12.9 Å². The lowest BCUT2D eigenvalue weighted by Crippen LogP contribution is -2.05. The number of thioether (sulfide) groups is 1. The third kappa shape index (κ3) is 2.41. The van der Waals surface area contributed by atoms with E-state index in [4.69, 9.17) is 0 Å². The zero-order chi connectivity index (χ0) is 9.15. The summed E-state index contributed by atoms with van der Waals surface area (Å²) in [7, 11) is 0. The van der Waals surface area contributed by atoms with Crippen molar-refractivity contribution in [1.29, 1.82) is 0 Å². The molecule has 2 rings (SSSR count). The third-order valence-corrected chi connectivity index (χ3v) is 4.52. The summed E-state index contributed by atoms with van der Waals surface area (Å²) >= 11 is 6.31. The molecule has 0 spiro atoms. The molecule has 1 heterocycles. The number of nitrogens with zero attached hydrogens (tertiary/aromatic N) is 1. The second kappa shape index (κ2) is 3.93. The van der Waals surface area contributed by atoms with Gasteiger partial charge in [0.2, 0.25) is 0 Å². The van der Waals surface area contributed by atoms with Crippen LogP contribution >= 0.6 is 24.4 Å². The van der Waals surface area contributed by atoms with Gasteiger partial charge < -0.3 is 0 Å². The summed E-state index contributed by atoms with van der Waals surface area (Å²) in [5.74, 6) is 2.24. The van der Waals surface area contributed by atoms with E-state index in [-0.39, 0.29) is 0 Å². The quantitative estimate of drug-likeness (QED) is 0.607. The molecule has 70 valence electrons. The van der Waals surface area contributed by atoms with E-state index in [1.807, 2.05) is 24.2 Å². The minimum absolute atomic E-state index is 0.553. The third-order valence-electron chi connectivity index (χ3n) is 2.49. The zero-order valence-electron chi connectivity index (χ0n) is 7.44. The smallest absolute Gasteiger partial charge is 0.0278 e. The number of hydrogen-bond acceptors (Lipinski definition) is 3. The summed E-state index contributed by atoms with van der Waals surface area (Å²) in [4.78, 5) is 5.32. The van der Waals surface area contributed by atoms with E-state index in [1.54, 1.807) is 0 Å². The summed E-state index contributed by atoms with van der Waals surface area (Å²) in [5.41, 5.74) is 0.553. The molecule has 1 nitrogen and oxygen atoms in total. The van der Waals surface area contributed by atoms with Crippen LogP contribution in [-0.2, 0) is 0 Å². The number of aromatic nitrogens is 1. The number of hydrogen-bond donors (Lipinski definition) is 1. The van der Waals surface area contributed by atoms with E-state index in [0.29, 0.717) is 5.41 Å². The van der Waals surface area contributed by atoms with E-state index >= 15 is 0 Å². The van der Waals surface area contributed by atoms with Crippen molar-refractivity contribution in [3.8, 4) is 0 Å². The predicted octanol–water partition coefficient (Wildman–Crippen LogP) is 2.88. The lowest BCUT2D eigenvalue weighted by atomic mass is 10.2. The Morgan fingerprint density at radius 2 is 2.08 bits per heavy atom. The highest BCUT2D eigenvalue weighted by atomic mass is 32.2. The highest BCUT2D eigenvalue weighted by molar-refractivity contribution is 7.99. The van der Waals surface area contributed by atoms with Crippen molar-refractivity contribution >= 4 is 24.4 Å². The van der Waals surface area contributed by atoms with Gasteiger partial charge in [0.15, 0.2) is 0 Å². The van der Waals surface area contributed by atoms with E-state index in [0.717, 1.165) is 5.75 Å². The van der Waals surface area contributed by atoms with Gasteiger partial charge >= 0.3 is 0 Å². The molecule has 13 heavy (non-hydrogen) atoms. The van der Waals surface area contributed by atoms with Gasteiger partial charge in [-0.1, -0.05) is 0 Å². The first-order valence-corrected chi connectivity index (χ1v) is 6.10. The number of pyridine rings is 1. The van der Waals surface area contributed by atoms with Crippen LogP contribution in [0, 0.1) is 5.41 Å². The predicted molar refractivity (Wildman–Crippen MR) is 60.5 cm³/mol. The minimum Gasteiger partial charge on any atom is -0.265 e. The molecule has 3 heteroatoms. The first kappa shape index (κ1) is 9.41. The standard InChI is InChI=1S/C10H13NS2/c12-7-10(3-4-10)8-13-9-1-5-11-6-2-9/h1-2,5-6,12H,3-4,7-8H2. The molecule has 1 aromatic heterocycles. The lowest BCUT2D eigenvalue weighted by molar-refractivity contribution is 0.683. The maximum absolute atomic E-state index is 4.38. The van der Waals surface area contributed by atoms with Gasteiger partial charge in [0.1, 0.15) is 0 Å². The lowest BCUT2D eigenvalue weighted by Gasteiger charge is -2.10. The van der Waals surface area contributed by atoms with Crippen LogP contribution in [0.15, 0.2) is 29.4 Å². The SMILES string of the molecule is SCC1(CSc2ccncc2)CC1. The van der Waals surface area contributed by atoms with Crippen molar-refractivity contribution in [3.63, 3.8) is 0 Å². The van der Waals surface area contributed by atoms with Gasteiger partial charge in [-0.3, -0.25) is 4.98 Å². The van der Waals surface area contributed by atoms with Crippen LogP contribution in [0.3, 0.4) is 0 Å². The van der Waals surface area contributed by atoms with Gasteiger partial charge in [-0.2, -0.15) is 12.6 Å². The van der Waals surface area contributed by atoms with Crippen LogP contribution < -0.4 is 0 Å². The Morgan fingerprint density at radius 3 is 2.62 bits per heavy atom. The Labute approximate surface area is 88.7 Å². The van der Waals surface area contributed by atoms with E-state index in [1.165, 1.54) is 23.5 Å². The highest BCUT2D eigenvalue weighted by Gasteiger charge is 2.40. The van der Waals surface area contributed by atoms with E-state index in [2.05, 4.69) is 29.7 Å². The Kier molecular flexibility index (Phi) is 2.84.